The molecule has 2 heterocycles. The lowest BCUT2D eigenvalue weighted by Crippen LogP contribution is -1.88. The molecule has 9 heteroatoms. The number of thioether (sulfide) groups is 1. The highest BCUT2D eigenvalue weighted by Crippen LogP contribution is 2.27. The summed E-state index contributed by atoms with van der Waals surface area (Å²) in [4.78, 5) is 0. The van der Waals surface area contributed by atoms with E-state index in [0.717, 1.165) is 43.2 Å². The molecule has 0 fully saturated rings. The van der Waals surface area contributed by atoms with Crippen LogP contribution >= 0.6 is 34.4 Å². The molecule has 0 spiro atoms. The molecule has 0 bridgehead atoms. The van der Waals surface area contributed by atoms with Gasteiger partial charge in [-0.15, -0.1) is 32.2 Å². The Morgan fingerprint density at radius 3 is 1.52 bits per heavy atom. The molecule has 0 saturated heterocycles. The summed E-state index contributed by atoms with van der Waals surface area (Å²) in [5.41, 5.74) is 2.03. The van der Waals surface area contributed by atoms with Crippen molar-refractivity contribution in [2.24, 2.45) is 0 Å². The largest absolute Gasteiger partial charge is 0.330 e. The maximum atomic E-state index is 4.24. The van der Waals surface area contributed by atoms with E-state index in [0.29, 0.717) is 0 Å². The van der Waals surface area contributed by atoms with Gasteiger partial charge in [0.2, 0.25) is 10.3 Å². The molecule has 6 nitrogen and oxygen atoms in total. The molecule has 0 saturated carbocycles. The molecule has 2 aromatic carbocycles. The van der Waals surface area contributed by atoms with Gasteiger partial charge in [-0.1, -0.05) is 59.1 Å². The van der Waals surface area contributed by atoms with E-state index in [9.17, 15) is 0 Å². The fraction of sp³-hybridized carbons (Fsp3) is 0.111. The van der Waals surface area contributed by atoms with Gasteiger partial charge < -0.3 is 10.6 Å². The van der Waals surface area contributed by atoms with E-state index in [1.165, 1.54) is 0 Å². The highest BCUT2D eigenvalue weighted by molar-refractivity contribution is 7.97. The van der Waals surface area contributed by atoms with Gasteiger partial charge in [0.1, 0.15) is 10.0 Å². The van der Waals surface area contributed by atoms with Crippen molar-refractivity contribution in [1.29, 1.82) is 0 Å². The third kappa shape index (κ3) is 5.25. The zero-order valence-corrected chi connectivity index (χ0v) is 16.7. The van der Waals surface area contributed by atoms with Gasteiger partial charge in [-0.3, -0.25) is 0 Å². The van der Waals surface area contributed by atoms with Crippen molar-refractivity contribution < 1.29 is 0 Å². The molecule has 4 aromatic rings. The minimum absolute atomic E-state index is 0.801. The zero-order chi connectivity index (χ0) is 18.3. The average molecular weight is 413 g/mol. The number of nitrogens with zero attached hydrogens (tertiary/aromatic N) is 4. The van der Waals surface area contributed by atoms with Crippen LogP contribution in [0.1, 0.15) is 10.0 Å². The van der Waals surface area contributed by atoms with E-state index in [1.807, 2.05) is 60.7 Å². The van der Waals surface area contributed by atoms with E-state index in [2.05, 4.69) is 31.0 Å². The molecular weight excluding hydrogens is 396 g/mol. The molecule has 0 atom stereocenters. The van der Waals surface area contributed by atoms with E-state index < -0.39 is 0 Å². The van der Waals surface area contributed by atoms with Gasteiger partial charge in [0.15, 0.2) is 0 Å². The quantitative estimate of drug-likeness (QED) is 0.406. The molecule has 0 amide bonds. The van der Waals surface area contributed by atoms with Gasteiger partial charge in [0, 0.05) is 22.9 Å². The van der Waals surface area contributed by atoms with E-state index in [1.54, 1.807) is 34.4 Å². The molecule has 0 aliphatic rings. The Hall–Kier alpha value is -2.49. The number of hydrogen-bond acceptors (Lipinski definition) is 9. The zero-order valence-electron chi connectivity index (χ0n) is 14.2. The highest BCUT2D eigenvalue weighted by atomic mass is 32.2. The van der Waals surface area contributed by atoms with E-state index in [4.69, 9.17) is 0 Å². The van der Waals surface area contributed by atoms with Crippen LogP contribution in [0.3, 0.4) is 0 Å². The van der Waals surface area contributed by atoms with Crippen molar-refractivity contribution in [3.8, 4) is 0 Å². The Morgan fingerprint density at radius 2 is 1.07 bits per heavy atom. The van der Waals surface area contributed by atoms with Crippen LogP contribution in [0.15, 0.2) is 60.7 Å². The van der Waals surface area contributed by atoms with Crippen LogP contribution in [-0.2, 0) is 11.5 Å². The van der Waals surface area contributed by atoms with Gasteiger partial charge in [-0.2, -0.15) is 0 Å². The smallest absolute Gasteiger partial charge is 0.210 e. The number of nitrogens with one attached hydrogen (secondary N) is 2. The lowest BCUT2D eigenvalue weighted by Gasteiger charge is -1.99. The minimum Gasteiger partial charge on any atom is -0.330 e. The number of aromatic nitrogens is 4. The van der Waals surface area contributed by atoms with Gasteiger partial charge in [-0.25, -0.2) is 0 Å². The number of anilines is 4. The third-order valence-electron chi connectivity index (χ3n) is 3.43. The summed E-state index contributed by atoms with van der Waals surface area (Å²) in [7, 11) is 0. The first-order valence-corrected chi connectivity index (χ1v) is 11.0. The monoisotopic (exact) mass is 412 g/mol. The number of hydrogen-bond donors (Lipinski definition) is 2. The molecule has 2 aromatic heterocycles. The van der Waals surface area contributed by atoms with Crippen molar-refractivity contribution in [1.82, 2.24) is 20.4 Å². The molecule has 0 aliphatic carbocycles. The maximum absolute atomic E-state index is 4.24. The van der Waals surface area contributed by atoms with Crippen LogP contribution in [0.5, 0.6) is 0 Å². The molecule has 0 aliphatic heterocycles. The van der Waals surface area contributed by atoms with Gasteiger partial charge in [0.25, 0.3) is 0 Å². The summed E-state index contributed by atoms with van der Waals surface area (Å²) in [6.45, 7) is 0. The highest BCUT2D eigenvalue weighted by Gasteiger charge is 2.08. The van der Waals surface area contributed by atoms with Crippen molar-refractivity contribution in [3.63, 3.8) is 0 Å². The second-order valence-electron chi connectivity index (χ2n) is 5.48. The Bertz CT molecular complexity index is 891. The first-order chi connectivity index (χ1) is 13.3. The molecule has 136 valence electrons. The van der Waals surface area contributed by atoms with Crippen LogP contribution in [0.4, 0.5) is 21.6 Å². The fourth-order valence-corrected chi connectivity index (χ4v) is 4.89. The average Bonchev–Trinajstić information content (AvgIpc) is 3.33. The number of benzene rings is 2. The third-order valence-corrected chi connectivity index (χ3v) is 6.43. The van der Waals surface area contributed by atoms with E-state index >= 15 is 0 Å². The van der Waals surface area contributed by atoms with Gasteiger partial charge in [0.05, 0.1) is 0 Å². The standard InChI is InChI=1S/C18H16N6S3/c1-3-7-13(8-4-1)19-17-23-21-15(26-17)11-25-12-16-22-24-18(27-16)20-14-9-5-2-6-10-14/h1-10H,11-12H2,(H,19,23)(H,20,24). The van der Waals surface area contributed by atoms with Crippen LogP contribution < -0.4 is 10.6 Å². The van der Waals surface area contributed by atoms with Crippen LogP contribution in [-0.4, -0.2) is 20.4 Å². The van der Waals surface area contributed by atoms with Crippen molar-refractivity contribution in [3.05, 3.63) is 70.7 Å². The lowest BCUT2D eigenvalue weighted by atomic mass is 10.3. The van der Waals surface area contributed by atoms with Crippen molar-refractivity contribution >= 4 is 56.1 Å². The molecule has 27 heavy (non-hydrogen) atoms. The fourth-order valence-electron chi connectivity index (χ4n) is 2.24. The molecular formula is C18H16N6S3. The lowest BCUT2D eigenvalue weighted by molar-refractivity contribution is 1.03. The first kappa shape index (κ1) is 17.9. The molecule has 4 rings (SSSR count). The molecule has 2 N–H and O–H groups in total. The summed E-state index contributed by atoms with van der Waals surface area (Å²) in [5.74, 6) is 1.60. The second-order valence-corrected chi connectivity index (χ2v) is 8.59. The van der Waals surface area contributed by atoms with Gasteiger partial charge in [-0.05, 0) is 24.3 Å². The van der Waals surface area contributed by atoms with Crippen LogP contribution in [0.25, 0.3) is 0 Å². The Balaban J connectivity index is 1.25. The van der Waals surface area contributed by atoms with Crippen LogP contribution in [0.2, 0.25) is 0 Å². The summed E-state index contributed by atoms with van der Waals surface area (Å²) < 4.78 is 0. The molecule has 0 unspecified atom stereocenters. The first-order valence-electron chi connectivity index (χ1n) is 8.22. The number of rotatable bonds is 8. The second kappa shape index (κ2) is 8.94. The normalized spacial score (nSPS) is 10.7. The predicted molar refractivity (Wildman–Crippen MR) is 114 cm³/mol. The maximum Gasteiger partial charge on any atom is 0.210 e. The van der Waals surface area contributed by atoms with Crippen molar-refractivity contribution in [2.45, 2.75) is 11.5 Å². The Morgan fingerprint density at radius 1 is 0.630 bits per heavy atom. The Kier molecular flexibility index (Phi) is 5.92. The number of para-hydroxylation sites is 2. The van der Waals surface area contributed by atoms with E-state index in [-0.39, 0.29) is 0 Å². The summed E-state index contributed by atoms with van der Waals surface area (Å²) in [6, 6.07) is 20.0. The van der Waals surface area contributed by atoms with Gasteiger partial charge >= 0.3 is 0 Å². The minimum atomic E-state index is 0.801. The SMILES string of the molecule is c1ccc(Nc2nnc(CSCc3nnc(Nc4ccccc4)s3)s2)cc1. The molecule has 0 radical (unpaired) electrons. The Labute approximate surface area is 169 Å². The summed E-state index contributed by atoms with van der Waals surface area (Å²) >= 11 is 4.90. The topological polar surface area (TPSA) is 75.6 Å². The van der Waals surface area contributed by atoms with Crippen LogP contribution in [0, 0.1) is 0 Å². The summed E-state index contributed by atoms with van der Waals surface area (Å²) in [5, 5.41) is 27.0. The predicted octanol–water partition coefficient (Wildman–Crippen LogP) is 5.31. The summed E-state index contributed by atoms with van der Waals surface area (Å²) in [6.07, 6.45) is 0. The van der Waals surface area contributed by atoms with Crippen molar-refractivity contribution in [2.75, 3.05) is 10.6 Å².